The Balaban J connectivity index is 2.77. The normalized spacial score (nSPS) is 11.8. The van der Waals surface area contributed by atoms with Gasteiger partial charge in [-0.3, -0.25) is 9.59 Å². The van der Waals surface area contributed by atoms with Crippen LogP contribution in [-0.2, 0) is 0 Å². The van der Waals surface area contributed by atoms with E-state index in [1.807, 2.05) is 6.92 Å². The van der Waals surface area contributed by atoms with E-state index in [0.29, 0.717) is 17.7 Å². The summed E-state index contributed by atoms with van der Waals surface area (Å²) in [6.07, 6.45) is 0. The Kier molecular flexibility index (Phi) is 4.85. The molecule has 3 N–H and O–H groups in total. The van der Waals surface area contributed by atoms with Crippen LogP contribution in [0.15, 0.2) is 24.3 Å². The van der Waals surface area contributed by atoms with E-state index in [2.05, 4.69) is 5.32 Å². The molecule has 0 aliphatic carbocycles. The minimum absolute atomic E-state index is 0.0689. The lowest BCUT2D eigenvalue weighted by Gasteiger charge is -2.12. The van der Waals surface area contributed by atoms with Crippen LogP contribution in [-0.4, -0.2) is 43.4 Å². The molecule has 0 aliphatic heterocycles. The average Bonchev–Trinajstić information content (AvgIpc) is 2.37. The molecule has 0 aromatic heterocycles. The van der Waals surface area contributed by atoms with Gasteiger partial charge < -0.3 is 16.0 Å². The van der Waals surface area contributed by atoms with Crippen LogP contribution in [0.3, 0.4) is 0 Å². The minimum atomic E-state index is -0.184. The summed E-state index contributed by atoms with van der Waals surface area (Å²) in [6.45, 7) is 2.23. The van der Waals surface area contributed by atoms with Crippen molar-refractivity contribution in [1.29, 1.82) is 0 Å². The van der Waals surface area contributed by atoms with Gasteiger partial charge in [0.15, 0.2) is 0 Å². The highest BCUT2D eigenvalue weighted by Crippen LogP contribution is 2.06. The maximum atomic E-state index is 11.8. The number of rotatable bonds is 4. The maximum Gasteiger partial charge on any atom is 0.253 e. The molecule has 0 spiro atoms. The topological polar surface area (TPSA) is 75.4 Å². The van der Waals surface area contributed by atoms with Crippen molar-refractivity contribution in [3.63, 3.8) is 0 Å². The highest BCUT2D eigenvalue weighted by atomic mass is 16.2. The van der Waals surface area contributed by atoms with Gasteiger partial charge in [-0.05, 0) is 31.2 Å². The van der Waals surface area contributed by atoms with E-state index in [1.54, 1.807) is 38.4 Å². The van der Waals surface area contributed by atoms with Crippen LogP contribution in [0.5, 0.6) is 0 Å². The second-order valence-electron chi connectivity index (χ2n) is 4.39. The van der Waals surface area contributed by atoms with Crippen molar-refractivity contribution in [3.05, 3.63) is 35.4 Å². The molecule has 0 saturated carbocycles. The average molecular weight is 249 g/mol. The highest BCUT2D eigenvalue weighted by molar-refractivity contribution is 5.97. The fourth-order valence-electron chi connectivity index (χ4n) is 1.39. The molecular weight excluding hydrogens is 230 g/mol. The van der Waals surface area contributed by atoms with E-state index in [4.69, 9.17) is 5.73 Å². The van der Waals surface area contributed by atoms with E-state index in [0.717, 1.165) is 0 Å². The number of nitrogens with one attached hydrogen (secondary N) is 1. The molecule has 1 rings (SSSR count). The van der Waals surface area contributed by atoms with Gasteiger partial charge in [-0.25, -0.2) is 0 Å². The fraction of sp³-hybridized carbons (Fsp3) is 0.385. The first kappa shape index (κ1) is 14.2. The molecule has 5 heteroatoms. The molecule has 18 heavy (non-hydrogen) atoms. The van der Waals surface area contributed by atoms with E-state index in [1.165, 1.54) is 4.90 Å². The number of nitrogens with two attached hydrogens (primary N) is 1. The van der Waals surface area contributed by atoms with Gasteiger partial charge in [0.05, 0.1) is 0 Å². The highest BCUT2D eigenvalue weighted by Gasteiger charge is 2.11. The van der Waals surface area contributed by atoms with Crippen LogP contribution in [0.4, 0.5) is 0 Å². The van der Waals surface area contributed by atoms with Gasteiger partial charge in [-0.1, -0.05) is 0 Å². The summed E-state index contributed by atoms with van der Waals surface area (Å²) in [7, 11) is 3.37. The van der Waals surface area contributed by atoms with Gasteiger partial charge >= 0.3 is 0 Å². The predicted octanol–water partition coefficient (Wildman–Crippen LogP) is 0.465. The van der Waals surface area contributed by atoms with Crippen molar-refractivity contribution in [1.82, 2.24) is 10.2 Å². The molecule has 0 radical (unpaired) electrons. The largest absolute Gasteiger partial charge is 0.348 e. The lowest BCUT2D eigenvalue weighted by atomic mass is 10.1. The molecule has 0 saturated heterocycles. The summed E-state index contributed by atoms with van der Waals surface area (Å²) >= 11 is 0. The second kappa shape index (κ2) is 6.16. The lowest BCUT2D eigenvalue weighted by molar-refractivity contribution is 0.0826. The van der Waals surface area contributed by atoms with Gasteiger partial charge in [0.2, 0.25) is 0 Å². The number of nitrogens with zero attached hydrogens (tertiary/aromatic N) is 1. The summed E-state index contributed by atoms with van der Waals surface area (Å²) in [6, 6.07) is 6.49. The third-order valence-electron chi connectivity index (χ3n) is 2.53. The lowest BCUT2D eigenvalue weighted by Crippen LogP contribution is -2.37. The minimum Gasteiger partial charge on any atom is -0.348 e. The van der Waals surface area contributed by atoms with Crippen molar-refractivity contribution in [2.75, 3.05) is 20.6 Å². The maximum absolute atomic E-state index is 11.8. The molecule has 98 valence electrons. The Morgan fingerprint density at radius 2 is 1.72 bits per heavy atom. The molecule has 1 aromatic carbocycles. The number of benzene rings is 1. The van der Waals surface area contributed by atoms with Crippen LogP contribution in [0.1, 0.15) is 27.6 Å². The molecule has 1 atom stereocenters. The predicted molar refractivity (Wildman–Crippen MR) is 70.4 cm³/mol. The number of hydrogen-bond donors (Lipinski definition) is 2. The fourth-order valence-corrected chi connectivity index (χ4v) is 1.39. The Morgan fingerprint density at radius 1 is 1.22 bits per heavy atom. The van der Waals surface area contributed by atoms with Crippen LogP contribution in [0.25, 0.3) is 0 Å². The monoisotopic (exact) mass is 249 g/mol. The standard InChI is InChI=1S/C13H19N3O2/c1-9(8-14)15-12(17)10-4-6-11(7-5-10)13(18)16(2)3/h4-7,9H,8,14H2,1-3H3,(H,15,17)/t9-/m0/s1. The van der Waals surface area contributed by atoms with Crippen molar-refractivity contribution in [2.45, 2.75) is 13.0 Å². The van der Waals surface area contributed by atoms with E-state index < -0.39 is 0 Å². The molecule has 5 nitrogen and oxygen atoms in total. The van der Waals surface area contributed by atoms with Gasteiger partial charge in [-0.2, -0.15) is 0 Å². The molecule has 0 aliphatic rings. The van der Waals surface area contributed by atoms with Crippen LogP contribution >= 0.6 is 0 Å². The Bertz CT molecular complexity index is 426. The molecule has 1 aromatic rings. The summed E-state index contributed by atoms with van der Waals surface area (Å²) in [5.41, 5.74) is 6.51. The molecule has 0 heterocycles. The first-order chi connectivity index (χ1) is 8.45. The molecule has 0 bridgehead atoms. The number of hydrogen-bond acceptors (Lipinski definition) is 3. The van der Waals surface area contributed by atoms with E-state index in [9.17, 15) is 9.59 Å². The summed E-state index contributed by atoms with van der Waals surface area (Å²) in [5.74, 6) is -0.269. The van der Waals surface area contributed by atoms with Crippen molar-refractivity contribution < 1.29 is 9.59 Å². The second-order valence-corrected chi connectivity index (χ2v) is 4.39. The molecule has 2 amide bonds. The Morgan fingerprint density at radius 3 is 2.17 bits per heavy atom. The Hall–Kier alpha value is -1.88. The quantitative estimate of drug-likeness (QED) is 0.814. The first-order valence-corrected chi connectivity index (χ1v) is 5.78. The van der Waals surface area contributed by atoms with Gasteiger partial charge in [0.25, 0.3) is 11.8 Å². The van der Waals surface area contributed by atoms with E-state index >= 15 is 0 Å². The molecule has 0 fully saturated rings. The van der Waals surface area contributed by atoms with Gasteiger partial charge in [0, 0.05) is 37.8 Å². The summed E-state index contributed by atoms with van der Waals surface area (Å²) in [4.78, 5) is 24.9. The SMILES string of the molecule is C[C@@H](CN)NC(=O)c1ccc(C(=O)N(C)C)cc1. The van der Waals surface area contributed by atoms with Crippen molar-refractivity contribution in [2.24, 2.45) is 5.73 Å². The number of amides is 2. The van der Waals surface area contributed by atoms with E-state index in [-0.39, 0.29) is 17.9 Å². The first-order valence-electron chi connectivity index (χ1n) is 5.78. The number of carbonyl (C=O) groups excluding carboxylic acids is 2. The summed E-state index contributed by atoms with van der Waals surface area (Å²) in [5, 5.41) is 2.76. The third kappa shape index (κ3) is 3.56. The zero-order chi connectivity index (χ0) is 13.7. The van der Waals surface area contributed by atoms with Crippen molar-refractivity contribution >= 4 is 11.8 Å². The zero-order valence-corrected chi connectivity index (χ0v) is 10.9. The van der Waals surface area contributed by atoms with Crippen LogP contribution in [0, 0.1) is 0 Å². The number of carbonyl (C=O) groups is 2. The van der Waals surface area contributed by atoms with Crippen LogP contribution in [0.2, 0.25) is 0 Å². The van der Waals surface area contributed by atoms with Gasteiger partial charge in [-0.15, -0.1) is 0 Å². The molecule has 0 unspecified atom stereocenters. The Labute approximate surface area is 107 Å². The zero-order valence-electron chi connectivity index (χ0n) is 10.9. The van der Waals surface area contributed by atoms with Crippen molar-refractivity contribution in [3.8, 4) is 0 Å². The third-order valence-corrected chi connectivity index (χ3v) is 2.53. The van der Waals surface area contributed by atoms with Crippen LogP contribution < -0.4 is 11.1 Å². The summed E-state index contributed by atoms with van der Waals surface area (Å²) < 4.78 is 0. The smallest absolute Gasteiger partial charge is 0.253 e. The molecular formula is C13H19N3O2. The van der Waals surface area contributed by atoms with Gasteiger partial charge in [0.1, 0.15) is 0 Å².